The number of carbonyl (C=O) groups is 1. The lowest BCUT2D eigenvalue weighted by molar-refractivity contribution is -0.127. The molecule has 4 nitrogen and oxygen atoms in total. The molecule has 0 aliphatic rings. The van der Waals surface area contributed by atoms with Crippen LogP contribution in [0.1, 0.15) is 20.8 Å². The molecule has 1 amide bonds. The Kier molecular flexibility index (Phi) is 4.68. The van der Waals surface area contributed by atoms with Crippen molar-refractivity contribution >= 4 is 22.4 Å². The molecule has 4 heteroatoms. The second-order valence-electron chi connectivity index (χ2n) is 5.60. The van der Waals surface area contributed by atoms with E-state index in [1.54, 1.807) is 13.0 Å². The third kappa shape index (κ3) is 3.66. The highest BCUT2D eigenvalue weighted by Crippen LogP contribution is 2.30. The number of nitrogens with two attached hydrogens (primary N) is 1. The van der Waals surface area contributed by atoms with Crippen LogP contribution in [0.5, 0.6) is 5.75 Å². The smallest absolute Gasteiger partial charge is 0.260 e. The molecular weight excluding hydrogens is 264 g/mol. The van der Waals surface area contributed by atoms with Gasteiger partial charge in [-0.1, -0.05) is 38.1 Å². The number of hydrogen-bond donors (Lipinski definition) is 2. The number of benzene rings is 2. The number of amides is 1. The number of nitrogens with one attached hydrogen (secondary N) is 1. The largest absolute Gasteiger partial charge is 0.480 e. The highest BCUT2D eigenvalue weighted by atomic mass is 16.5. The summed E-state index contributed by atoms with van der Waals surface area (Å²) in [4.78, 5) is 12.0. The molecule has 2 aromatic rings. The summed E-state index contributed by atoms with van der Waals surface area (Å²) in [7, 11) is 0. The van der Waals surface area contributed by atoms with E-state index in [2.05, 4.69) is 19.2 Å². The Balaban J connectivity index is 2.16. The van der Waals surface area contributed by atoms with E-state index < -0.39 is 6.10 Å². The van der Waals surface area contributed by atoms with Crippen molar-refractivity contribution in [2.75, 3.05) is 12.3 Å². The summed E-state index contributed by atoms with van der Waals surface area (Å²) in [5.41, 5.74) is 6.67. The molecule has 0 radical (unpaired) electrons. The Morgan fingerprint density at radius 3 is 2.48 bits per heavy atom. The maximum atomic E-state index is 12.0. The molecule has 0 aliphatic carbocycles. The number of rotatable bonds is 5. The first-order valence-corrected chi connectivity index (χ1v) is 7.20. The summed E-state index contributed by atoms with van der Waals surface area (Å²) in [5, 5.41) is 4.73. The molecule has 1 unspecified atom stereocenters. The number of nitrogen functional groups attached to an aromatic ring is 1. The quantitative estimate of drug-likeness (QED) is 0.831. The average Bonchev–Trinajstić information content (AvgIpc) is 2.47. The van der Waals surface area contributed by atoms with E-state index in [4.69, 9.17) is 10.5 Å². The minimum Gasteiger partial charge on any atom is -0.480 e. The first-order valence-electron chi connectivity index (χ1n) is 7.20. The van der Waals surface area contributed by atoms with Crippen LogP contribution < -0.4 is 15.8 Å². The van der Waals surface area contributed by atoms with Crippen molar-refractivity contribution in [2.45, 2.75) is 26.9 Å². The third-order valence-corrected chi connectivity index (χ3v) is 3.28. The van der Waals surface area contributed by atoms with E-state index in [-0.39, 0.29) is 5.91 Å². The van der Waals surface area contributed by atoms with Crippen LogP contribution in [0.25, 0.3) is 10.8 Å². The van der Waals surface area contributed by atoms with Gasteiger partial charge >= 0.3 is 0 Å². The zero-order valence-corrected chi connectivity index (χ0v) is 12.7. The van der Waals surface area contributed by atoms with Crippen LogP contribution >= 0.6 is 0 Å². The van der Waals surface area contributed by atoms with Gasteiger partial charge in [0.1, 0.15) is 5.75 Å². The molecule has 112 valence electrons. The molecule has 1 atom stereocenters. The minimum absolute atomic E-state index is 0.107. The second kappa shape index (κ2) is 6.48. The molecule has 0 fully saturated rings. The fourth-order valence-electron chi connectivity index (χ4n) is 2.09. The molecule has 0 saturated heterocycles. The molecule has 0 aromatic heterocycles. The van der Waals surface area contributed by atoms with E-state index in [9.17, 15) is 4.79 Å². The predicted molar refractivity (Wildman–Crippen MR) is 86.3 cm³/mol. The predicted octanol–water partition coefficient (Wildman–Crippen LogP) is 2.96. The normalized spacial score (nSPS) is 12.4. The van der Waals surface area contributed by atoms with Gasteiger partial charge in [0.05, 0.1) is 0 Å². The molecule has 0 bridgehead atoms. The van der Waals surface area contributed by atoms with Gasteiger partial charge in [-0.25, -0.2) is 0 Å². The molecule has 3 N–H and O–H groups in total. The highest BCUT2D eigenvalue weighted by Gasteiger charge is 2.16. The number of anilines is 1. The Hall–Kier alpha value is -2.23. The lowest BCUT2D eigenvalue weighted by Crippen LogP contribution is -2.38. The van der Waals surface area contributed by atoms with Crippen LogP contribution in [-0.4, -0.2) is 18.6 Å². The Labute approximate surface area is 125 Å². The van der Waals surface area contributed by atoms with E-state index in [0.29, 0.717) is 23.9 Å². The van der Waals surface area contributed by atoms with Crippen LogP contribution in [0, 0.1) is 5.92 Å². The van der Waals surface area contributed by atoms with Crippen molar-refractivity contribution in [2.24, 2.45) is 5.92 Å². The van der Waals surface area contributed by atoms with Gasteiger partial charge in [0, 0.05) is 23.0 Å². The van der Waals surface area contributed by atoms with Crippen LogP contribution in [-0.2, 0) is 4.79 Å². The molecule has 0 heterocycles. The lowest BCUT2D eigenvalue weighted by Gasteiger charge is -2.17. The summed E-state index contributed by atoms with van der Waals surface area (Å²) >= 11 is 0. The van der Waals surface area contributed by atoms with Gasteiger partial charge in [-0.3, -0.25) is 4.79 Å². The Morgan fingerprint density at radius 1 is 1.14 bits per heavy atom. The van der Waals surface area contributed by atoms with Crippen molar-refractivity contribution in [3.63, 3.8) is 0 Å². The van der Waals surface area contributed by atoms with E-state index in [1.807, 2.05) is 30.3 Å². The molecule has 0 aliphatic heterocycles. The molecule has 0 saturated carbocycles. The standard InChI is InChI=1S/C17H22N2O2/c1-11(2)10-19-17(20)12(3)21-16-9-8-15(18)13-6-4-5-7-14(13)16/h4-9,11-12H,10,18H2,1-3H3,(H,19,20). The molecule has 0 spiro atoms. The summed E-state index contributed by atoms with van der Waals surface area (Å²) < 4.78 is 5.81. The molecular formula is C17H22N2O2. The molecule has 2 aromatic carbocycles. The van der Waals surface area contributed by atoms with Crippen molar-refractivity contribution in [1.29, 1.82) is 0 Å². The summed E-state index contributed by atoms with van der Waals surface area (Å²) in [5.74, 6) is 0.982. The fourth-order valence-corrected chi connectivity index (χ4v) is 2.09. The SMILES string of the molecule is CC(C)CNC(=O)C(C)Oc1ccc(N)c2ccccc12. The first-order chi connectivity index (χ1) is 9.99. The van der Waals surface area contributed by atoms with Crippen LogP contribution in [0.2, 0.25) is 0 Å². The number of ether oxygens (including phenoxy) is 1. The topological polar surface area (TPSA) is 64.3 Å². The summed E-state index contributed by atoms with van der Waals surface area (Å²) in [6.07, 6.45) is -0.546. The van der Waals surface area contributed by atoms with Crippen molar-refractivity contribution in [3.8, 4) is 5.75 Å². The maximum absolute atomic E-state index is 12.0. The van der Waals surface area contributed by atoms with E-state index in [1.165, 1.54) is 0 Å². The van der Waals surface area contributed by atoms with Gasteiger partial charge < -0.3 is 15.8 Å². The first kappa shape index (κ1) is 15.2. The third-order valence-electron chi connectivity index (χ3n) is 3.28. The van der Waals surface area contributed by atoms with Crippen LogP contribution in [0.15, 0.2) is 36.4 Å². The van der Waals surface area contributed by atoms with Gasteiger partial charge in [-0.15, -0.1) is 0 Å². The van der Waals surface area contributed by atoms with Crippen molar-refractivity contribution < 1.29 is 9.53 Å². The molecule has 2 rings (SSSR count). The monoisotopic (exact) mass is 286 g/mol. The van der Waals surface area contributed by atoms with Crippen LogP contribution in [0.3, 0.4) is 0 Å². The van der Waals surface area contributed by atoms with Gasteiger partial charge in [-0.05, 0) is 25.0 Å². The van der Waals surface area contributed by atoms with Gasteiger partial charge in [-0.2, -0.15) is 0 Å². The van der Waals surface area contributed by atoms with Crippen LogP contribution in [0.4, 0.5) is 5.69 Å². The van der Waals surface area contributed by atoms with Gasteiger partial charge in [0.15, 0.2) is 6.10 Å². The Morgan fingerprint density at radius 2 is 1.81 bits per heavy atom. The summed E-state index contributed by atoms with van der Waals surface area (Å²) in [6, 6.07) is 11.4. The Bertz CT molecular complexity index is 638. The zero-order valence-electron chi connectivity index (χ0n) is 12.7. The fraction of sp³-hybridized carbons (Fsp3) is 0.353. The van der Waals surface area contributed by atoms with E-state index in [0.717, 1.165) is 10.8 Å². The molecule has 21 heavy (non-hydrogen) atoms. The second-order valence-corrected chi connectivity index (χ2v) is 5.60. The maximum Gasteiger partial charge on any atom is 0.260 e. The van der Waals surface area contributed by atoms with Crippen molar-refractivity contribution in [3.05, 3.63) is 36.4 Å². The number of hydrogen-bond acceptors (Lipinski definition) is 3. The van der Waals surface area contributed by atoms with E-state index >= 15 is 0 Å². The van der Waals surface area contributed by atoms with Crippen molar-refractivity contribution in [1.82, 2.24) is 5.32 Å². The van der Waals surface area contributed by atoms with Gasteiger partial charge in [0.2, 0.25) is 0 Å². The number of carbonyl (C=O) groups excluding carboxylic acids is 1. The highest BCUT2D eigenvalue weighted by molar-refractivity contribution is 5.97. The summed E-state index contributed by atoms with van der Waals surface area (Å²) in [6.45, 7) is 6.51. The van der Waals surface area contributed by atoms with Gasteiger partial charge in [0.25, 0.3) is 5.91 Å². The number of fused-ring (bicyclic) bond motifs is 1. The average molecular weight is 286 g/mol. The zero-order chi connectivity index (χ0) is 15.4. The minimum atomic E-state index is -0.546. The lowest BCUT2D eigenvalue weighted by atomic mass is 10.1.